The molecule has 0 amide bonds. The maximum Gasteiger partial charge on any atom is 0.309 e. The average Bonchev–Trinajstić information content (AvgIpc) is 2.63. The summed E-state index contributed by atoms with van der Waals surface area (Å²) in [6, 6.07) is 0. The van der Waals surface area contributed by atoms with Gasteiger partial charge in [0.1, 0.15) is 12.2 Å². The molecule has 0 N–H and O–H groups in total. The molecular weight excluding hydrogens is 328 g/mol. The summed E-state index contributed by atoms with van der Waals surface area (Å²) in [6.45, 7) is 8.40. The molecule has 2 unspecified atom stereocenters. The third-order valence-corrected chi connectivity index (χ3v) is 5.39. The minimum atomic E-state index is -0.264. The quantitative estimate of drug-likeness (QED) is 0.407. The highest BCUT2D eigenvalue weighted by molar-refractivity contribution is 5.73. The maximum absolute atomic E-state index is 12.6. The Morgan fingerprint density at radius 1 is 0.692 bits per heavy atom. The van der Waals surface area contributed by atoms with Crippen LogP contribution >= 0.6 is 0 Å². The van der Waals surface area contributed by atoms with Crippen LogP contribution in [0.1, 0.15) is 105 Å². The van der Waals surface area contributed by atoms with Gasteiger partial charge in [-0.2, -0.15) is 0 Å². The number of hydrogen-bond donors (Lipinski definition) is 0. The Kier molecular flexibility index (Phi) is 11.6. The number of hydrogen-bond acceptors (Lipinski definition) is 4. The van der Waals surface area contributed by atoms with Gasteiger partial charge >= 0.3 is 11.9 Å². The van der Waals surface area contributed by atoms with Crippen molar-refractivity contribution in [1.82, 2.24) is 0 Å². The Bertz CT molecular complexity index is 357. The van der Waals surface area contributed by atoms with Crippen molar-refractivity contribution < 1.29 is 19.1 Å². The molecule has 0 aromatic heterocycles. The van der Waals surface area contributed by atoms with Crippen molar-refractivity contribution in [3.05, 3.63) is 0 Å². The zero-order valence-electron chi connectivity index (χ0n) is 17.4. The number of carbonyl (C=O) groups excluding carboxylic acids is 2. The summed E-state index contributed by atoms with van der Waals surface area (Å²) in [7, 11) is 0. The first-order chi connectivity index (χ1) is 12.6. The fourth-order valence-electron chi connectivity index (χ4n) is 3.98. The molecule has 1 saturated carbocycles. The van der Waals surface area contributed by atoms with Gasteiger partial charge in [0.15, 0.2) is 0 Å². The average molecular weight is 369 g/mol. The lowest BCUT2D eigenvalue weighted by atomic mass is 9.93. The molecule has 0 spiro atoms. The van der Waals surface area contributed by atoms with E-state index >= 15 is 0 Å². The second-order valence-corrected chi connectivity index (χ2v) is 7.78. The van der Waals surface area contributed by atoms with E-state index in [0.717, 1.165) is 77.0 Å². The van der Waals surface area contributed by atoms with Gasteiger partial charge in [0.2, 0.25) is 0 Å². The van der Waals surface area contributed by atoms with E-state index in [4.69, 9.17) is 9.47 Å². The van der Waals surface area contributed by atoms with Crippen LogP contribution < -0.4 is 0 Å². The van der Waals surface area contributed by atoms with Crippen LogP contribution in [-0.4, -0.2) is 24.1 Å². The number of ether oxygens (including phenoxy) is 2. The highest BCUT2D eigenvalue weighted by Crippen LogP contribution is 2.28. The molecule has 2 atom stereocenters. The smallest absolute Gasteiger partial charge is 0.309 e. The van der Waals surface area contributed by atoms with E-state index in [0.29, 0.717) is 0 Å². The molecule has 1 aliphatic carbocycles. The second kappa shape index (κ2) is 13.2. The molecule has 0 saturated heterocycles. The molecule has 1 aliphatic rings. The molecule has 0 bridgehead atoms. The Labute approximate surface area is 160 Å². The first kappa shape index (κ1) is 23.0. The zero-order chi connectivity index (χ0) is 19.4. The number of rotatable bonds is 12. The predicted molar refractivity (Wildman–Crippen MR) is 105 cm³/mol. The van der Waals surface area contributed by atoms with E-state index < -0.39 is 0 Å². The van der Waals surface area contributed by atoms with Crippen LogP contribution in [0, 0.1) is 11.8 Å². The molecule has 0 aromatic rings. The van der Waals surface area contributed by atoms with Crippen molar-refractivity contribution in [3.8, 4) is 0 Å². The minimum absolute atomic E-state index is 0.0174. The van der Waals surface area contributed by atoms with Crippen molar-refractivity contribution in [2.24, 2.45) is 11.8 Å². The van der Waals surface area contributed by atoms with Crippen molar-refractivity contribution >= 4 is 11.9 Å². The molecule has 1 fully saturated rings. The standard InChI is InChI=1S/C22H40O4/c1-5-11-17(12-6-2)21(23)25-19-15-9-10-16-20(19)26-22(24)18(13-7-3)14-8-4/h17-20H,5-16H2,1-4H3. The van der Waals surface area contributed by atoms with Crippen molar-refractivity contribution in [2.45, 2.75) is 117 Å². The molecule has 4 heteroatoms. The van der Waals surface area contributed by atoms with E-state index in [-0.39, 0.29) is 36.0 Å². The molecule has 0 radical (unpaired) electrons. The fourth-order valence-corrected chi connectivity index (χ4v) is 3.98. The summed E-state index contributed by atoms with van der Waals surface area (Å²) >= 11 is 0. The van der Waals surface area contributed by atoms with Crippen molar-refractivity contribution in [3.63, 3.8) is 0 Å². The zero-order valence-corrected chi connectivity index (χ0v) is 17.4. The molecule has 1 rings (SSSR count). The molecule has 0 aromatic carbocycles. The monoisotopic (exact) mass is 368 g/mol. The lowest BCUT2D eigenvalue weighted by Gasteiger charge is -2.32. The third kappa shape index (κ3) is 7.67. The van der Waals surface area contributed by atoms with Crippen molar-refractivity contribution in [2.75, 3.05) is 0 Å². The summed E-state index contributed by atoms with van der Waals surface area (Å²) in [5.74, 6) is -0.229. The summed E-state index contributed by atoms with van der Waals surface area (Å²) in [6.07, 6.45) is 10.6. The topological polar surface area (TPSA) is 52.6 Å². The van der Waals surface area contributed by atoms with Crippen LogP contribution in [0.2, 0.25) is 0 Å². The highest BCUT2D eigenvalue weighted by atomic mass is 16.6. The van der Waals surface area contributed by atoms with E-state index in [1.54, 1.807) is 0 Å². The van der Waals surface area contributed by atoms with Gasteiger partial charge in [-0.25, -0.2) is 0 Å². The molecule has 152 valence electrons. The van der Waals surface area contributed by atoms with Gasteiger partial charge in [0.25, 0.3) is 0 Å². The Morgan fingerprint density at radius 2 is 1.00 bits per heavy atom. The minimum Gasteiger partial charge on any atom is -0.458 e. The van der Waals surface area contributed by atoms with Crippen LogP contribution in [0.15, 0.2) is 0 Å². The van der Waals surface area contributed by atoms with Gasteiger partial charge in [0, 0.05) is 0 Å². The second-order valence-electron chi connectivity index (χ2n) is 7.78. The maximum atomic E-state index is 12.6. The van der Waals surface area contributed by atoms with Crippen molar-refractivity contribution in [1.29, 1.82) is 0 Å². The van der Waals surface area contributed by atoms with Gasteiger partial charge in [-0.05, 0) is 51.4 Å². The van der Waals surface area contributed by atoms with E-state index in [9.17, 15) is 9.59 Å². The van der Waals surface area contributed by atoms with Crippen LogP contribution in [-0.2, 0) is 19.1 Å². The first-order valence-corrected chi connectivity index (χ1v) is 11.0. The molecule has 26 heavy (non-hydrogen) atoms. The molecule has 0 aliphatic heterocycles. The number of esters is 2. The molecule has 0 heterocycles. The number of carbonyl (C=O) groups is 2. The van der Waals surface area contributed by atoms with Gasteiger partial charge in [-0.3, -0.25) is 9.59 Å². The van der Waals surface area contributed by atoms with Gasteiger partial charge in [-0.1, -0.05) is 53.4 Å². The summed E-state index contributed by atoms with van der Waals surface area (Å²) in [5, 5.41) is 0. The summed E-state index contributed by atoms with van der Waals surface area (Å²) < 4.78 is 11.7. The SMILES string of the molecule is CCCC(CCC)C(=O)OC1CCCCC1OC(=O)C(CCC)CCC. The van der Waals surface area contributed by atoms with Crippen LogP contribution in [0.5, 0.6) is 0 Å². The van der Waals surface area contributed by atoms with E-state index in [1.807, 2.05) is 0 Å². The summed E-state index contributed by atoms with van der Waals surface area (Å²) in [5.41, 5.74) is 0. The van der Waals surface area contributed by atoms with Crippen LogP contribution in [0.3, 0.4) is 0 Å². The largest absolute Gasteiger partial charge is 0.458 e. The predicted octanol–water partition coefficient (Wildman–Crippen LogP) is 5.82. The highest BCUT2D eigenvalue weighted by Gasteiger charge is 2.34. The lowest BCUT2D eigenvalue weighted by Crippen LogP contribution is -2.40. The van der Waals surface area contributed by atoms with E-state index in [1.165, 1.54) is 0 Å². The van der Waals surface area contributed by atoms with Crippen LogP contribution in [0.4, 0.5) is 0 Å². The fraction of sp³-hybridized carbons (Fsp3) is 0.909. The van der Waals surface area contributed by atoms with Gasteiger partial charge in [-0.15, -0.1) is 0 Å². The molecular formula is C22H40O4. The summed E-state index contributed by atoms with van der Waals surface area (Å²) in [4.78, 5) is 25.2. The van der Waals surface area contributed by atoms with Gasteiger partial charge < -0.3 is 9.47 Å². The van der Waals surface area contributed by atoms with E-state index in [2.05, 4.69) is 27.7 Å². The first-order valence-electron chi connectivity index (χ1n) is 11.0. The lowest BCUT2D eigenvalue weighted by molar-refractivity contribution is -0.177. The molecule has 4 nitrogen and oxygen atoms in total. The van der Waals surface area contributed by atoms with Gasteiger partial charge in [0.05, 0.1) is 11.8 Å². The Balaban J connectivity index is 2.67. The third-order valence-electron chi connectivity index (χ3n) is 5.39. The van der Waals surface area contributed by atoms with Crippen LogP contribution in [0.25, 0.3) is 0 Å². The Hall–Kier alpha value is -1.06. The Morgan fingerprint density at radius 3 is 1.27 bits per heavy atom. The normalized spacial score (nSPS) is 20.4.